The normalized spacial score (nSPS) is 21.5. The first kappa shape index (κ1) is 15.4. The lowest BCUT2D eigenvalue weighted by molar-refractivity contribution is -0.121. The van der Waals surface area contributed by atoms with E-state index >= 15 is 0 Å². The molecule has 1 unspecified atom stereocenters. The zero-order chi connectivity index (χ0) is 16.6. The quantitative estimate of drug-likeness (QED) is 0.480. The second kappa shape index (κ2) is 5.96. The van der Waals surface area contributed by atoms with Crippen LogP contribution in [0.1, 0.15) is 17.3 Å². The molecule has 3 amide bonds. The highest BCUT2D eigenvalue weighted by molar-refractivity contribution is 6.21. The third-order valence-corrected chi connectivity index (χ3v) is 4.31. The fourth-order valence-corrected chi connectivity index (χ4v) is 3.10. The van der Waals surface area contributed by atoms with Gasteiger partial charge in [-0.3, -0.25) is 14.5 Å². The molecule has 0 radical (unpaired) electrons. The maximum absolute atomic E-state index is 12.7. The Morgan fingerprint density at radius 2 is 2.13 bits per heavy atom. The molecule has 6 nitrogen and oxygen atoms in total. The van der Waals surface area contributed by atoms with Gasteiger partial charge in [0.05, 0.1) is 5.69 Å². The number of carbonyl (C=O) groups is 3. The molecule has 0 bridgehead atoms. The maximum Gasteiger partial charge on any atom is 0.332 e. The highest BCUT2D eigenvalue weighted by Gasteiger charge is 2.48. The molecule has 23 heavy (non-hydrogen) atoms. The van der Waals surface area contributed by atoms with Crippen LogP contribution < -0.4 is 4.90 Å². The van der Waals surface area contributed by atoms with Crippen LogP contribution in [0.2, 0.25) is 0 Å². The lowest BCUT2D eigenvalue weighted by atomic mass is 10.1. The van der Waals surface area contributed by atoms with Crippen LogP contribution >= 0.6 is 0 Å². The summed E-state index contributed by atoms with van der Waals surface area (Å²) >= 11 is 0. The fraction of sp³-hybridized carbons (Fsp3) is 0.353. The molecule has 1 atom stereocenters. The number of hydrogen-bond acceptors (Lipinski definition) is 4. The van der Waals surface area contributed by atoms with Crippen molar-refractivity contribution in [3.05, 3.63) is 42.5 Å². The summed E-state index contributed by atoms with van der Waals surface area (Å²) in [5.74, 6) is -0.328. The van der Waals surface area contributed by atoms with Crippen LogP contribution in [-0.2, 0) is 4.79 Å². The Labute approximate surface area is 135 Å². The topological polar surface area (TPSA) is 60.9 Å². The second-order valence-electron chi connectivity index (χ2n) is 5.82. The number of imide groups is 1. The number of nitrogens with zero attached hydrogens (tertiary/aromatic N) is 3. The molecule has 120 valence electrons. The molecule has 2 saturated heterocycles. The number of ketones is 1. The van der Waals surface area contributed by atoms with E-state index in [9.17, 15) is 14.4 Å². The van der Waals surface area contributed by atoms with E-state index in [1.54, 1.807) is 35.2 Å². The summed E-state index contributed by atoms with van der Waals surface area (Å²) < 4.78 is 0. The molecule has 1 aromatic carbocycles. The van der Waals surface area contributed by atoms with Crippen LogP contribution in [0.4, 0.5) is 10.5 Å². The van der Waals surface area contributed by atoms with Gasteiger partial charge in [0.2, 0.25) is 0 Å². The molecule has 0 spiro atoms. The standard InChI is InChI=1S/C17H19N3O3/c1-3-7-18-8-9-19-15(11-18)16(22)20(17(19)23)14-6-4-5-13(10-14)12(2)21/h3-6,10,15H,1,7-9,11H2,2H3. The number of urea groups is 1. The number of rotatable bonds is 4. The number of carbonyl (C=O) groups excluding carboxylic acids is 3. The van der Waals surface area contributed by atoms with Gasteiger partial charge in [-0.1, -0.05) is 18.2 Å². The number of anilines is 1. The van der Waals surface area contributed by atoms with E-state index in [0.717, 1.165) is 6.54 Å². The molecule has 6 heteroatoms. The zero-order valence-electron chi connectivity index (χ0n) is 13.1. The van der Waals surface area contributed by atoms with Crippen molar-refractivity contribution in [3.8, 4) is 0 Å². The van der Waals surface area contributed by atoms with Crippen molar-refractivity contribution < 1.29 is 14.4 Å². The van der Waals surface area contributed by atoms with E-state index < -0.39 is 6.04 Å². The van der Waals surface area contributed by atoms with Crippen LogP contribution in [0.15, 0.2) is 36.9 Å². The molecule has 0 saturated carbocycles. The van der Waals surface area contributed by atoms with E-state index in [-0.39, 0.29) is 17.7 Å². The van der Waals surface area contributed by atoms with E-state index in [1.165, 1.54) is 11.8 Å². The summed E-state index contributed by atoms with van der Waals surface area (Å²) in [7, 11) is 0. The number of Topliss-reactive ketones (excluding diaryl/α,β-unsaturated/α-hetero) is 1. The summed E-state index contributed by atoms with van der Waals surface area (Å²) in [6, 6.07) is 5.88. The monoisotopic (exact) mass is 313 g/mol. The van der Waals surface area contributed by atoms with Crippen molar-refractivity contribution in [2.45, 2.75) is 13.0 Å². The van der Waals surface area contributed by atoms with Crippen LogP contribution in [0.5, 0.6) is 0 Å². The first-order chi connectivity index (χ1) is 11.0. The Balaban J connectivity index is 1.89. The van der Waals surface area contributed by atoms with Crippen LogP contribution in [0.3, 0.4) is 0 Å². The van der Waals surface area contributed by atoms with Gasteiger partial charge in [-0.15, -0.1) is 6.58 Å². The van der Waals surface area contributed by atoms with Gasteiger partial charge in [-0.05, 0) is 19.1 Å². The third-order valence-electron chi connectivity index (χ3n) is 4.31. The number of fused-ring (bicyclic) bond motifs is 1. The highest BCUT2D eigenvalue weighted by Crippen LogP contribution is 2.28. The number of benzene rings is 1. The van der Waals surface area contributed by atoms with Crippen molar-refractivity contribution in [1.82, 2.24) is 9.80 Å². The minimum atomic E-state index is -0.461. The third kappa shape index (κ3) is 2.66. The van der Waals surface area contributed by atoms with E-state index in [2.05, 4.69) is 11.5 Å². The van der Waals surface area contributed by atoms with Gasteiger partial charge in [0.15, 0.2) is 5.78 Å². The summed E-state index contributed by atoms with van der Waals surface area (Å²) in [4.78, 5) is 41.7. The molecule has 2 aliphatic rings. The molecule has 0 N–H and O–H groups in total. The summed E-state index contributed by atoms with van der Waals surface area (Å²) in [6.07, 6.45) is 1.80. The van der Waals surface area contributed by atoms with Crippen molar-refractivity contribution in [1.29, 1.82) is 0 Å². The lowest BCUT2D eigenvalue weighted by Crippen LogP contribution is -2.52. The largest absolute Gasteiger partial charge is 0.332 e. The second-order valence-corrected chi connectivity index (χ2v) is 5.82. The number of piperazine rings is 1. The van der Waals surface area contributed by atoms with E-state index in [4.69, 9.17) is 0 Å². The summed E-state index contributed by atoms with van der Waals surface area (Å²) in [5.41, 5.74) is 0.943. The Morgan fingerprint density at radius 3 is 2.83 bits per heavy atom. The molecular formula is C17H19N3O3. The van der Waals surface area contributed by atoms with Crippen LogP contribution in [-0.4, -0.2) is 59.7 Å². The van der Waals surface area contributed by atoms with Crippen molar-refractivity contribution >= 4 is 23.4 Å². The molecule has 2 fully saturated rings. The van der Waals surface area contributed by atoms with Crippen LogP contribution in [0, 0.1) is 0 Å². The van der Waals surface area contributed by atoms with E-state index in [0.29, 0.717) is 30.9 Å². The smallest absolute Gasteiger partial charge is 0.309 e. The zero-order valence-corrected chi connectivity index (χ0v) is 13.1. The molecule has 2 aliphatic heterocycles. The average molecular weight is 313 g/mol. The van der Waals surface area contributed by atoms with Crippen molar-refractivity contribution in [3.63, 3.8) is 0 Å². The van der Waals surface area contributed by atoms with Crippen molar-refractivity contribution in [2.24, 2.45) is 0 Å². The Hall–Kier alpha value is -2.47. The van der Waals surface area contributed by atoms with Gasteiger partial charge >= 0.3 is 6.03 Å². The first-order valence-corrected chi connectivity index (χ1v) is 7.61. The van der Waals surface area contributed by atoms with Gasteiger partial charge in [-0.2, -0.15) is 0 Å². The summed E-state index contributed by atoms with van der Waals surface area (Å²) in [5, 5.41) is 0. The molecule has 1 aromatic rings. The molecule has 0 aromatic heterocycles. The predicted octanol–water partition coefficient (Wildman–Crippen LogP) is 1.53. The minimum Gasteiger partial charge on any atom is -0.309 e. The van der Waals surface area contributed by atoms with Gasteiger partial charge in [0.1, 0.15) is 6.04 Å². The first-order valence-electron chi connectivity index (χ1n) is 7.61. The fourth-order valence-electron chi connectivity index (χ4n) is 3.10. The average Bonchev–Trinajstić information content (AvgIpc) is 2.79. The summed E-state index contributed by atoms with van der Waals surface area (Å²) in [6.45, 7) is 7.63. The minimum absolute atomic E-state index is 0.0965. The van der Waals surface area contributed by atoms with Crippen molar-refractivity contribution in [2.75, 3.05) is 31.1 Å². The molecule has 2 heterocycles. The molecule has 0 aliphatic carbocycles. The maximum atomic E-state index is 12.7. The lowest BCUT2D eigenvalue weighted by Gasteiger charge is -2.34. The SMILES string of the molecule is C=CCN1CCN2C(=O)N(c3cccc(C(C)=O)c3)C(=O)C2C1. The van der Waals surface area contributed by atoms with E-state index in [1.807, 2.05) is 0 Å². The predicted molar refractivity (Wildman–Crippen MR) is 86.5 cm³/mol. The number of amides is 3. The number of hydrogen-bond donors (Lipinski definition) is 0. The highest BCUT2D eigenvalue weighted by atomic mass is 16.2. The Bertz CT molecular complexity index is 685. The molecular weight excluding hydrogens is 294 g/mol. The van der Waals surface area contributed by atoms with Gasteiger partial charge in [-0.25, -0.2) is 9.69 Å². The van der Waals surface area contributed by atoms with Gasteiger partial charge in [0.25, 0.3) is 5.91 Å². The van der Waals surface area contributed by atoms with Gasteiger partial charge < -0.3 is 4.90 Å². The molecule has 3 rings (SSSR count). The van der Waals surface area contributed by atoms with Gasteiger partial charge in [0, 0.05) is 31.7 Å². The Kier molecular flexibility index (Phi) is 4.00. The Morgan fingerprint density at radius 1 is 1.35 bits per heavy atom. The van der Waals surface area contributed by atoms with Crippen LogP contribution in [0.25, 0.3) is 0 Å².